The van der Waals surface area contributed by atoms with E-state index in [9.17, 15) is 0 Å². The fourth-order valence-electron chi connectivity index (χ4n) is 4.42. The Morgan fingerprint density at radius 1 is 0.957 bits per heavy atom. The van der Waals surface area contributed by atoms with Gasteiger partial charge in [-0.3, -0.25) is 0 Å². The molecule has 0 spiro atoms. The Bertz CT molecular complexity index is 731. The maximum absolute atomic E-state index is 5.57. The first-order valence-corrected chi connectivity index (χ1v) is 8.84. The standard InChI is InChI=1S/C19H22N2O2/c1-3-12-9-13-4-2-6-15(13)19(14(12)5-1)20-10-17-16-11-22-8-7-18(16)23-21-17/h9,20H,1-8,10-11H2. The largest absolute Gasteiger partial charge is 0.379 e. The van der Waals surface area contributed by atoms with Gasteiger partial charge >= 0.3 is 0 Å². The van der Waals surface area contributed by atoms with Gasteiger partial charge in [0.1, 0.15) is 11.5 Å². The second kappa shape index (κ2) is 5.38. The molecule has 0 saturated carbocycles. The molecule has 0 saturated heterocycles. The van der Waals surface area contributed by atoms with Crippen molar-refractivity contribution >= 4 is 5.69 Å². The lowest BCUT2D eigenvalue weighted by molar-refractivity contribution is 0.102. The van der Waals surface area contributed by atoms with Gasteiger partial charge in [-0.05, 0) is 60.8 Å². The molecule has 0 atom stereocenters. The highest BCUT2D eigenvalue weighted by Crippen LogP contribution is 2.39. The molecular weight excluding hydrogens is 288 g/mol. The van der Waals surface area contributed by atoms with E-state index >= 15 is 0 Å². The number of anilines is 1. The molecule has 0 bridgehead atoms. The van der Waals surface area contributed by atoms with Crippen LogP contribution >= 0.6 is 0 Å². The number of aromatic nitrogens is 1. The van der Waals surface area contributed by atoms with Crippen molar-refractivity contribution in [2.75, 3.05) is 11.9 Å². The van der Waals surface area contributed by atoms with Gasteiger partial charge in [0.15, 0.2) is 0 Å². The van der Waals surface area contributed by atoms with Crippen LogP contribution in [-0.4, -0.2) is 11.8 Å². The third kappa shape index (κ3) is 2.19. The average molecular weight is 310 g/mol. The fraction of sp³-hybridized carbons (Fsp3) is 0.526. The van der Waals surface area contributed by atoms with Crippen LogP contribution in [0, 0.1) is 0 Å². The summed E-state index contributed by atoms with van der Waals surface area (Å²) in [6.45, 7) is 2.13. The van der Waals surface area contributed by atoms with E-state index in [4.69, 9.17) is 9.26 Å². The van der Waals surface area contributed by atoms with Gasteiger partial charge in [0.2, 0.25) is 0 Å². The monoisotopic (exact) mass is 310 g/mol. The molecule has 2 aromatic rings. The Labute approximate surface area is 136 Å². The number of nitrogens with one attached hydrogen (secondary N) is 1. The van der Waals surface area contributed by atoms with Crippen molar-refractivity contribution in [2.24, 2.45) is 0 Å². The van der Waals surface area contributed by atoms with E-state index in [1.165, 1.54) is 44.2 Å². The van der Waals surface area contributed by atoms with Gasteiger partial charge in [0.25, 0.3) is 0 Å². The summed E-state index contributed by atoms with van der Waals surface area (Å²) < 4.78 is 11.1. The zero-order chi connectivity index (χ0) is 15.2. The van der Waals surface area contributed by atoms with Crippen LogP contribution in [0.5, 0.6) is 0 Å². The minimum Gasteiger partial charge on any atom is -0.379 e. The molecule has 0 amide bonds. The molecule has 0 fully saturated rings. The number of fused-ring (bicyclic) bond motifs is 3. The van der Waals surface area contributed by atoms with Gasteiger partial charge in [-0.15, -0.1) is 0 Å². The van der Waals surface area contributed by atoms with E-state index in [0.717, 1.165) is 36.6 Å². The van der Waals surface area contributed by atoms with Crippen molar-refractivity contribution in [1.82, 2.24) is 5.16 Å². The first kappa shape index (κ1) is 13.6. The number of rotatable bonds is 3. The summed E-state index contributed by atoms with van der Waals surface area (Å²) in [5, 5.41) is 8.00. The first-order valence-electron chi connectivity index (χ1n) is 8.84. The average Bonchev–Trinajstić information content (AvgIpc) is 3.30. The van der Waals surface area contributed by atoms with Crippen LogP contribution in [0.25, 0.3) is 0 Å². The van der Waals surface area contributed by atoms with Crippen molar-refractivity contribution in [3.8, 4) is 0 Å². The van der Waals surface area contributed by atoms with Crippen molar-refractivity contribution in [1.29, 1.82) is 0 Å². The number of ether oxygens (including phenoxy) is 1. The van der Waals surface area contributed by atoms with Gasteiger partial charge < -0.3 is 14.6 Å². The predicted octanol–water partition coefficient (Wildman–Crippen LogP) is 3.34. The van der Waals surface area contributed by atoms with Crippen molar-refractivity contribution in [3.05, 3.63) is 45.3 Å². The lowest BCUT2D eigenvalue weighted by atomic mass is 9.98. The number of hydrogen-bond acceptors (Lipinski definition) is 4. The summed E-state index contributed by atoms with van der Waals surface area (Å²) in [6.07, 6.45) is 8.34. The van der Waals surface area contributed by atoms with Crippen LogP contribution in [0.1, 0.15) is 52.1 Å². The van der Waals surface area contributed by atoms with Gasteiger partial charge in [-0.1, -0.05) is 11.2 Å². The van der Waals surface area contributed by atoms with E-state index < -0.39 is 0 Å². The van der Waals surface area contributed by atoms with E-state index in [-0.39, 0.29) is 0 Å². The molecule has 5 rings (SSSR count). The highest BCUT2D eigenvalue weighted by Gasteiger charge is 2.25. The van der Waals surface area contributed by atoms with Gasteiger partial charge in [0.05, 0.1) is 19.8 Å². The minimum atomic E-state index is 0.640. The smallest absolute Gasteiger partial charge is 0.144 e. The molecule has 4 heteroatoms. The van der Waals surface area contributed by atoms with E-state index in [2.05, 4.69) is 16.5 Å². The Balaban J connectivity index is 1.46. The highest BCUT2D eigenvalue weighted by atomic mass is 16.5. The number of nitrogens with zero attached hydrogens (tertiary/aromatic N) is 1. The first-order chi connectivity index (χ1) is 11.4. The Morgan fingerprint density at radius 3 is 2.52 bits per heavy atom. The summed E-state index contributed by atoms with van der Waals surface area (Å²) >= 11 is 0. The Kier molecular flexibility index (Phi) is 3.18. The summed E-state index contributed by atoms with van der Waals surface area (Å²) in [6, 6.07) is 2.47. The molecule has 0 unspecified atom stereocenters. The zero-order valence-electron chi connectivity index (χ0n) is 13.4. The molecule has 0 radical (unpaired) electrons. The lowest BCUT2D eigenvalue weighted by Crippen LogP contribution is -2.12. The van der Waals surface area contributed by atoms with E-state index in [1.807, 2.05) is 0 Å². The van der Waals surface area contributed by atoms with Crippen molar-refractivity contribution in [3.63, 3.8) is 0 Å². The fourth-order valence-corrected chi connectivity index (χ4v) is 4.42. The summed E-state index contributed by atoms with van der Waals surface area (Å²) in [5.74, 6) is 1.01. The van der Waals surface area contributed by atoms with Crippen LogP contribution in [0.15, 0.2) is 10.6 Å². The lowest BCUT2D eigenvalue weighted by Gasteiger charge is -2.17. The molecule has 120 valence electrons. The maximum atomic E-state index is 5.57. The molecule has 1 aliphatic heterocycles. The molecule has 4 nitrogen and oxygen atoms in total. The van der Waals surface area contributed by atoms with Crippen molar-refractivity contribution < 1.29 is 9.26 Å². The summed E-state index contributed by atoms with van der Waals surface area (Å²) in [5.41, 5.74) is 9.83. The molecule has 23 heavy (non-hydrogen) atoms. The molecule has 1 N–H and O–H groups in total. The third-order valence-corrected chi connectivity index (χ3v) is 5.58. The van der Waals surface area contributed by atoms with Crippen LogP contribution < -0.4 is 5.32 Å². The summed E-state index contributed by atoms with van der Waals surface area (Å²) in [4.78, 5) is 0. The second-order valence-electron chi connectivity index (χ2n) is 6.92. The molecule has 1 aromatic heterocycles. The molecule has 1 aromatic carbocycles. The van der Waals surface area contributed by atoms with Crippen LogP contribution in [0.4, 0.5) is 5.69 Å². The quantitative estimate of drug-likeness (QED) is 0.944. The topological polar surface area (TPSA) is 47.3 Å². The molecular formula is C19H22N2O2. The third-order valence-electron chi connectivity index (χ3n) is 5.58. The van der Waals surface area contributed by atoms with Gasteiger partial charge in [-0.2, -0.15) is 0 Å². The van der Waals surface area contributed by atoms with E-state index in [1.54, 1.807) is 22.3 Å². The summed E-state index contributed by atoms with van der Waals surface area (Å²) in [7, 11) is 0. The van der Waals surface area contributed by atoms with Gasteiger partial charge in [-0.25, -0.2) is 0 Å². The second-order valence-corrected chi connectivity index (χ2v) is 6.92. The zero-order valence-corrected chi connectivity index (χ0v) is 13.4. The molecule has 3 aliphatic rings. The van der Waals surface area contributed by atoms with Crippen LogP contribution in [-0.2, 0) is 50.0 Å². The molecule has 2 heterocycles. The van der Waals surface area contributed by atoms with Gasteiger partial charge in [0, 0.05) is 17.7 Å². The number of benzene rings is 1. The highest BCUT2D eigenvalue weighted by molar-refractivity contribution is 5.66. The van der Waals surface area contributed by atoms with E-state index in [0.29, 0.717) is 6.61 Å². The SMILES string of the molecule is c1c2c(c(NCc3noc4c3COCC4)c3c1CCC3)CCC2. The normalized spacial score (nSPS) is 18.6. The molecule has 2 aliphatic carbocycles. The minimum absolute atomic E-state index is 0.640. The Hall–Kier alpha value is -1.81. The number of aryl methyl sites for hydroxylation is 2. The maximum Gasteiger partial charge on any atom is 0.144 e. The van der Waals surface area contributed by atoms with Crippen LogP contribution in [0.3, 0.4) is 0 Å². The van der Waals surface area contributed by atoms with Crippen molar-refractivity contribution in [2.45, 2.75) is 58.1 Å². The van der Waals surface area contributed by atoms with Crippen LogP contribution in [0.2, 0.25) is 0 Å². The number of hydrogen-bond donors (Lipinski definition) is 1. The Morgan fingerprint density at radius 2 is 1.74 bits per heavy atom. The predicted molar refractivity (Wildman–Crippen MR) is 87.7 cm³/mol.